The first kappa shape index (κ1) is 15.1. The lowest BCUT2D eigenvalue weighted by atomic mass is 10.2. The third-order valence-corrected chi connectivity index (χ3v) is 3.07. The van der Waals surface area contributed by atoms with Crippen LogP contribution >= 0.6 is 0 Å². The highest BCUT2D eigenvalue weighted by atomic mass is 19.4. The average Bonchev–Trinajstić information content (AvgIpc) is 2.90. The summed E-state index contributed by atoms with van der Waals surface area (Å²) < 4.78 is 58.4. The molecule has 0 amide bonds. The van der Waals surface area contributed by atoms with Gasteiger partial charge in [-0.1, -0.05) is 23.4 Å². The zero-order chi connectivity index (χ0) is 16.4. The van der Waals surface area contributed by atoms with Gasteiger partial charge in [0.15, 0.2) is 11.6 Å². The summed E-state index contributed by atoms with van der Waals surface area (Å²) in [6.07, 6.45) is -4.72. The van der Waals surface area contributed by atoms with Crippen LogP contribution in [0.15, 0.2) is 47.0 Å². The Hall–Kier alpha value is -2.77. The number of ether oxygens (including phenoxy) is 1. The molecule has 0 radical (unpaired) electrons. The fourth-order valence-corrected chi connectivity index (χ4v) is 2.05. The smallest absolute Gasteiger partial charge is 0.406 e. The van der Waals surface area contributed by atoms with Crippen molar-refractivity contribution in [2.24, 2.45) is 0 Å². The van der Waals surface area contributed by atoms with Gasteiger partial charge in [-0.15, -0.1) is 13.2 Å². The van der Waals surface area contributed by atoms with Crippen LogP contribution in [0, 0.1) is 5.82 Å². The topological polar surface area (TPSA) is 47.3 Å². The van der Waals surface area contributed by atoms with Gasteiger partial charge in [-0.2, -0.15) is 0 Å². The molecule has 1 heterocycles. The molecular weight excluding hydrogens is 316 g/mol. The molecule has 0 unspecified atom stereocenters. The quantitative estimate of drug-likeness (QED) is 0.718. The van der Waals surface area contributed by atoms with Crippen LogP contribution in [-0.4, -0.2) is 11.5 Å². The summed E-state index contributed by atoms with van der Waals surface area (Å²) in [5.74, 6) is -0.456. The van der Waals surface area contributed by atoms with Crippen LogP contribution in [0.4, 0.5) is 23.4 Å². The fraction of sp³-hybridized carbons (Fsp3) is 0.133. The summed E-state index contributed by atoms with van der Waals surface area (Å²) in [7, 11) is 0. The Morgan fingerprint density at radius 1 is 1.09 bits per heavy atom. The number of aromatic nitrogens is 1. The van der Waals surface area contributed by atoms with Crippen LogP contribution in [0.3, 0.4) is 0 Å². The van der Waals surface area contributed by atoms with Gasteiger partial charge in [-0.25, -0.2) is 4.39 Å². The molecule has 3 aromatic rings. The molecular formula is C15H10F4N2O2. The van der Waals surface area contributed by atoms with Gasteiger partial charge >= 0.3 is 6.36 Å². The molecule has 3 rings (SSSR count). The van der Waals surface area contributed by atoms with Crippen molar-refractivity contribution in [2.45, 2.75) is 12.9 Å². The fourth-order valence-electron chi connectivity index (χ4n) is 2.05. The molecule has 0 spiro atoms. The maximum Gasteiger partial charge on any atom is 0.573 e. The number of benzene rings is 2. The molecule has 0 atom stereocenters. The Bertz CT molecular complexity index is 812. The predicted octanol–water partition coefficient (Wildman–Crippen LogP) is 4.48. The zero-order valence-corrected chi connectivity index (χ0v) is 11.5. The molecule has 2 aromatic carbocycles. The standard InChI is InChI=1S/C15H10F4N2O2/c16-12-3-1-2-11-13(12)23-21-14(11)20-8-9-4-6-10(7-5-9)22-15(17,18)19/h1-7H,8H2,(H,20,21). The van der Waals surface area contributed by atoms with Gasteiger partial charge in [-0.05, 0) is 29.8 Å². The number of nitrogens with zero attached hydrogens (tertiary/aromatic N) is 1. The van der Waals surface area contributed by atoms with Crippen LogP contribution in [0.2, 0.25) is 0 Å². The number of hydrogen-bond acceptors (Lipinski definition) is 4. The van der Waals surface area contributed by atoms with E-state index >= 15 is 0 Å². The summed E-state index contributed by atoms with van der Waals surface area (Å²) in [5, 5.41) is 7.17. The molecule has 0 aliphatic heterocycles. The zero-order valence-electron chi connectivity index (χ0n) is 11.5. The largest absolute Gasteiger partial charge is 0.573 e. The minimum absolute atomic E-state index is 0.0453. The van der Waals surface area contributed by atoms with Crippen molar-refractivity contribution in [2.75, 3.05) is 5.32 Å². The van der Waals surface area contributed by atoms with E-state index in [0.717, 1.165) is 0 Å². The van der Waals surface area contributed by atoms with E-state index in [-0.39, 0.29) is 17.9 Å². The van der Waals surface area contributed by atoms with Gasteiger partial charge in [0, 0.05) is 6.54 Å². The molecule has 0 fully saturated rings. The molecule has 8 heteroatoms. The molecule has 23 heavy (non-hydrogen) atoms. The summed E-state index contributed by atoms with van der Waals surface area (Å²) in [6, 6.07) is 9.83. The number of halogens is 4. The van der Waals surface area contributed by atoms with Gasteiger partial charge in [0.25, 0.3) is 0 Å². The Kier molecular flexibility index (Phi) is 3.81. The number of hydrogen-bond donors (Lipinski definition) is 1. The van der Waals surface area contributed by atoms with Crippen LogP contribution < -0.4 is 10.1 Å². The van der Waals surface area contributed by atoms with Crippen molar-refractivity contribution < 1.29 is 26.8 Å². The summed E-state index contributed by atoms with van der Waals surface area (Å²) >= 11 is 0. The highest BCUT2D eigenvalue weighted by Crippen LogP contribution is 2.26. The van der Waals surface area contributed by atoms with E-state index in [4.69, 9.17) is 4.52 Å². The van der Waals surface area contributed by atoms with Gasteiger partial charge in [0.1, 0.15) is 5.75 Å². The van der Waals surface area contributed by atoms with Gasteiger partial charge < -0.3 is 14.6 Å². The SMILES string of the molecule is Fc1cccc2c(NCc3ccc(OC(F)(F)F)cc3)noc12. The Labute approximate surface area is 127 Å². The first-order valence-electron chi connectivity index (χ1n) is 6.55. The van der Waals surface area contributed by atoms with Crippen molar-refractivity contribution in [3.8, 4) is 5.75 Å². The summed E-state index contributed by atoms with van der Waals surface area (Å²) in [6.45, 7) is 0.282. The van der Waals surface area contributed by atoms with E-state index in [2.05, 4.69) is 15.2 Å². The molecule has 0 aliphatic carbocycles. The van der Waals surface area contributed by atoms with Crippen molar-refractivity contribution in [1.29, 1.82) is 0 Å². The lowest BCUT2D eigenvalue weighted by Crippen LogP contribution is -2.17. The van der Waals surface area contributed by atoms with Crippen molar-refractivity contribution in [1.82, 2.24) is 5.16 Å². The summed E-state index contributed by atoms with van der Waals surface area (Å²) in [5.41, 5.74) is 0.746. The van der Waals surface area contributed by atoms with E-state index in [1.807, 2.05) is 0 Å². The Balaban J connectivity index is 1.69. The maximum absolute atomic E-state index is 13.5. The van der Waals surface area contributed by atoms with E-state index in [1.165, 1.54) is 36.4 Å². The maximum atomic E-state index is 13.5. The van der Waals surface area contributed by atoms with Gasteiger partial charge in [0.05, 0.1) is 5.39 Å². The first-order chi connectivity index (χ1) is 10.9. The summed E-state index contributed by atoms with van der Waals surface area (Å²) in [4.78, 5) is 0. The molecule has 0 saturated heterocycles. The molecule has 0 aliphatic rings. The lowest BCUT2D eigenvalue weighted by molar-refractivity contribution is -0.274. The van der Waals surface area contributed by atoms with Crippen LogP contribution in [0.5, 0.6) is 5.75 Å². The predicted molar refractivity (Wildman–Crippen MR) is 74.4 cm³/mol. The molecule has 1 N–H and O–H groups in total. The van der Waals surface area contributed by atoms with Gasteiger partial charge in [0.2, 0.25) is 5.58 Å². The second-order valence-electron chi connectivity index (χ2n) is 4.69. The minimum atomic E-state index is -4.72. The third-order valence-electron chi connectivity index (χ3n) is 3.07. The van der Waals surface area contributed by atoms with Gasteiger partial charge in [-0.3, -0.25) is 0 Å². The van der Waals surface area contributed by atoms with E-state index in [9.17, 15) is 17.6 Å². The molecule has 0 saturated carbocycles. The number of para-hydroxylation sites is 1. The molecule has 4 nitrogen and oxygen atoms in total. The Morgan fingerprint density at radius 2 is 1.83 bits per heavy atom. The number of rotatable bonds is 4. The number of alkyl halides is 3. The average molecular weight is 326 g/mol. The van der Waals surface area contributed by atoms with Crippen molar-refractivity contribution in [3.63, 3.8) is 0 Å². The molecule has 1 aromatic heterocycles. The van der Waals surface area contributed by atoms with Crippen LogP contribution in [-0.2, 0) is 6.54 Å². The molecule has 120 valence electrons. The second kappa shape index (κ2) is 5.79. The highest BCUT2D eigenvalue weighted by molar-refractivity contribution is 5.88. The number of anilines is 1. The van der Waals surface area contributed by atoms with Crippen molar-refractivity contribution in [3.05, 3.63) is 53.8 Å². The Morgan fingerprint density at radius 3 is 2.52 bits per heavy atom. The second-order valence-corrected chi connectivity index (χ2v) is 4.69. The monoisotopic (exact) mass is 326 g/mol. The number of nitrogens with one attached hydrogen (secondary N) is 1. The normalized spacial score (nSPS) is 11.7. The van der Waals surface area contributed by atoms with Crippen LogP contribution in [0.1, 0.15) is 5.56 Å². The van der Waals surface area contributed by atoms with Crippen molar-refractivity contribution >= 4 is 16.8 Å². The first-order valence-corrected chi connectivity index (χ1v) is 6.55. The van der Waals surface area contributed by atoms with Crippen LogP contribution in [0.25, 0.3) is 11.0 Å². The minimum Gasteiger partial charge on any atom is -0.406 e. The van der Waals surface area contributed by atoms with E-state index in [1.54, 1.807) is 6.07 Å². The lowest BCUT2D eigenvalue weighted by Gasteiger charge is -2.09. The van der Waals surface area contributed by atoms with E-state index < -0.39 is 12.2 Å². The number of fused-ring (bicyclic) bond motifs is 1. The highest BCUT2D eigenvalue weighted by Gasteiger charge is 2.30. The molecule has 0 bridgehead atoms. The van der Waals surface area contributed by atoms with E-state index in [0.29, 0.717) is 16.8 Å². The third kappa shape index (κ3) is 3.53.